The molecular formula is C15H24N4S. The number of piperidine rings is 1. The highest BCUT2D eigenvalue weighted by atomic mass is 32.2. The normalized spacial score (nSPS) is 16.3. The highest BCUT2D eigenvalue weighted by Crippen LogP contribution is 2.25. The van der Waals surface area contributed by atoms with Crippen LogP contribution in [-0.2, 0) is 0 Å². The molecule has 1 saturated heterocycles. The van der Waals surface area contributed by atoms with Crippen LogP contribution in [0.15, 0.2) is 34.2 Å². The molecule has 110 valence electrons. The minimum atomic E-state index is 0.587. The molecule has 0 bridgehead atoms. The summed E-state index contributed by atoms with van der Waals surface area (Å²) in [6, 6.07) is 8.35. The number of hydrogen-bond donors (Lipinski definition) is 2. The molecule has 0 aliphatic carbocycles. The molecule has 1 heterocycles. The molecule has 0 amide bonds. The molecule has 0 unspecified atom stereocenters. The van der Waals surface area contributed by atoms with Gasteiger partial charge >= 0.3 is 0 Å². The van der Waals surface area contributed by atoms with Crippen LogP contribution in [0.1, 0.15) is 19.3 Å². The second-order valence-corrected chi connectivity index (χ2v) is 5.72. The van der Waals surface area contributed by atoms with E-state index in [1.54, 1.807) is 11.8 Å². The molecule has 3 N–H and O–H groups in total. The van der Waals surface area contributed by atoms with Crippen LogP contribution in [0.5, 0.6) is 0 Å². The second-order valence-electron chi connectivity index (χ2n) is 4.87. The number of aliphatic imine (C=N–C) groups is 1. The highest BCUT2D eigenvalue weighted by Gasteiger charge is 2.15. The van der Waals surface area contributed by atoms with Gasteiger partial charge in [-0.05, 0) is 37.7 Å². The Morgan fingerprint density at radius 1 is 1.30 bits per heavy atom. The number of rotatable bonds is 4. The number of anilines is 1. The molecule has 1 aromatic carbocycles. The Labute approximate surface area is 125 Å². The maximum absolute atomic E-state index is 5.60. The maximum atomic E-state index is 5.60. The number of benzene rings is 1. The average Bonchev–Trinajstić information content (AvgIpc) is 2.52. The van der Waals surface area contributed by atoms with E-state index in [2.05, 4.69) is 45.7 Å². The van der Waals surface area contributed by atoms with Gasteiger partial charge in [0.2, 0.25) is 0 Å². The van der Waals surface area contributed by atoms with Crippen molar-refractivity contribution in [3.63, 3.8) is 0 Å². The molecule has 0 spiro atoms. The summed E-state index contributed by atoms with van der Waals surface area (Å²) in [4.78, 5) is 8.22. The van der Waals surface area contributed by atoms with Gasteiger partial charge in [-0.25, -0.2) is 0 Å². The standard InChI is InChI=1S/C15H24N4S/c1-20-14-8-4-3-7-13(14)18-15(17-10-9-16)19-11-5-2-6-12-19/h3-4,7-8H,2,5-6,9-12,16H2,1H3,(H,17,18). The van der Waals surface area contributed by atoms with Crippen LogP contribution in [0.25, 0.3) is 0 Å². The van der Waals surface area contributed by atoms with E-state index >= 15 is 0 Å². The number of nitrogens with zero attached hydrogens (tertiary/aromatic N) is 2. The predicted octanol–water partition coefficient (Wildman–Crippen LogP) is 2.62. The summed E-state index contributed by atoms with van der Waals surface area (Å²) in [6.07, 6.45) is 5.90. The Balaban J connectivity index is 2.14. The lowest BCUT2D eigenvalue weighted by Crippen LogP contribution is -2.40. The van der Waals surface area contributed by atoms with Crippen molar-refractivity contribution in [1.82, 2.24) is 4.90 Å². The lowest BCUT2D eigenvalue weighted by atomic mass is 10.1. The molecule has 0 atom stereocenters. The van der Waals surface area contributed by atoms with Crippen molar-refractivity contribution in [1.29, 1.82) is 0 Å². The topological polar surface area (TPSA) is 53.6 Å². The third-order valence-corrected chi connectivity index (χ3v) is 4.20. The second kappa shape index (κ2) is 8.17. The fourth-order valence-corrected chi connectivity index (χ4v) is 2.92. The van der Waals surface area contributed by atoms with Gasteiger partial charge in [0, 0.05) is 24.5 Å². The predicted molar refractivity (Wildman–Crippen MR) is 88.6 cm³/mol. The fourth-order valence-electron chi connectivity index (χ4n) is 2.36. The fraction of sp³-hybridized carbons (Fsp3) is 0.533. The van der Waals surface area contributed by atoms with E-state index in [0.717, 1.165) is 24.7 Å². The molecule has 2 rings (SSSR count). The van der Waals surface area contributed by atoms with Gasteiger partial charge in [-0.3, -0.25) is 4.99 Å². The zero-order valence-corrected chi connectivity index (χ0v) is 13.0. The first-order valence-corrected chi connectivity index (χ1v) is 8.47. The molecule has 0 aromatic heterocycles. The Morgan fingerprint density at radius 2 is 2.05 bits per heavy atom. The lowest BCUT2D eigenvalue weighted by molar-refractivity contribution is 0.340. The monoisotopic (exact) mass is 292 g/mol. The van der Waals surface area contributed by atoms with Gasteiger partial charge < -0.3 is 16.0 Å². The molecule has 1 aliphatic heterocycles. The Bertz CT molecular complexity index is 441. The van der Waals surface area contributed by atoms with Crippen molar-refractivity contribution >= 4 is 23.4 Å². The van der Waals surface area contributed by atoms with Gasteiger partial charge in [-0.15, -0.1) is 11.8 Å². The van der Waals surface area contributed by atoms with E-state index in [9.17, 15) is 0 Å². The van der Waals surface area contributed by atoms with Crippen molar-refractivity contribution in [2.75, 3.05) is 37.8 Å². The van der Waals surface area contributed by atoms with Crippen LogP contribution in [0, 0.1) is 0 Å². The van der Waals surface area contributed by atoms with Crippen LogP contribution >= 0.6 is 11.8 Å². The van der Waals surface area contributed by atoms with E-state index in [4.69, 9.17) is 5.73 Å². The highest BCUT2D eigenvalue weighted by molar-refractivity contribution is 7.98. The summed E-state index contributed by atoms with van der Waals surface area (Å²) in [5, 5.41) is 3.50. The van der Waals surface area contributed by atoms with Gasteiger partial charge in [-0.2, -0.15) is 0 Å². The van der Waals surface area contributed by atoms with Crippen molar-refractivity contribution in [2.24, 2.45) is 10.7 Å². The maximum Gasteiger partial charge on any atom is 0.198 e. The first kappa shape index (κ1) is 15.2. The van der Waals surface area contributed by atoms with Gasteiger partial charge in [-0.1, -0.05) is 12.1 Å². The minimum absolute atomic E-state index is 0.587. The van der Waals surface area contributed by atoms with Gasteiger partial charge in [0.1, 0.15) is 0 Å². The summed E-state index contributed by atoms with van der Waals surface area (Å²) >= 11 is 1.75. The largest absolute Gasteiger partial charge is 0.343 e. The van der Waals surface area contributed by atoms with Crippen molar-refractivity contribution in [2.45, 2.75) is 24.2 Å². The van der Waals surface area contributed by atoms with Gasteiger partial charge in [0.15, 0.2) is 5.96 Å². The molecule has 1 fully saturated rings. The summed E-state index contributed by atoms with van der Waals surface area (Å²) < 4.78 is 0. The summed E-state index contributed by atoms with van der Waals surface area (Å²) in [5.41, 5.74) is 6.72. The summed E-state index contributed by atoms with van der Waals surface area (Å²) in [7, 11) is 0. The number of thioether (sulfide) groups is 1. The Hall–Kier alpha value is -1.20. The van der Waals surface area contributed by atoms with Crippen molar-refractivity contribution in [3.05, 3.63) is 24.3 Å². The van der Waals surface area contributed by atoms with Crippen LogP contribution in [0.4, 0.5) is 5.69 Å². The van der Waals surface area contributed by atoms with Crippen LogP contribution in [0.2, 0.25) is 0 Å². The first-order chi connectivity index (χ1) is 9.85. The summed E-state index contributed by atoms with van der Waals surface area (Å²) in [6.45, 7) is 3.42. The Morgan fingerprint density at radius 3 is 2.75 bits per heavy atom. The number of hydrogen-bond acceptors (Lipinski definition) is 3. The third-order valence-electron chi connectivity index (χ3n) is 3.40. The smallest absolute Gasteiger partial charge is 0.198 e. The van der Waals surface area contributed by atoms with E-state index in [1.165, 1.54) is 24.2 Å². The SMILES string of the molecule is CSc1ccccc1NC(=NCCN)N1CCCCC1. The Kier molecular flexibility index (Phi) is 6.21. The molecule has 5 heteroatoms. The number of para-hydroxylation sites is 1. The molecule has 1 aliphatic rings. The van der Waals surface area contributed by atoms with Gasteiger partial charge in [0.05, 0.1) is 12.2 Å². The van der Waals surface area contributed by atoms with E-state index in [-0.39, 0.29) is 0 Å². The number of likely N-dealkylation sites (tertiary alicyclic amines) is 1. The van der Waals surface area contributed by atoms with Crippen LogP contribution < -0.4 is 11.1 Å². The molecule has 1 aromatic rings. The molecule has 0 radical (unpaired) electrons. The molecule has 4 nitrogen and oxygen atoms in total. The average molecular weight is 292 g/mol. The molecule has 20 heavy (non-hydrogen) atoms. The number of nitrogens with two attached hydrogens (primary N) is 1. The number of guanidine groups is 1. The van der Waals surface area contributed by atoms with E-state index in [0.29, 0.717) is 13.1 Å². The van der Waals surface area contributed by atoms with E-state index < -0.39 is 0 Å². The quantitative estimate of drug-likeness (QED) is 0.509. The zero-order chi connectivity index (χ0) is 14.2. The third kappa shape index (κ3) is 4.15. The zero-order valence-electron chi connectivity index (χ0n) is 12.1. The molecular weight excluding hydrogens is 268 g/mol. The summed E-state index contributed by atoms with van der Waals surface area (Å²) in [5.74, 6) is 0.969. The van der Waals surface area contributed by atoms with Gasteiger partial charge in [0.25, 0.3) is 0 Å². The lowest BCUT2D eigenvalue weighted by Gasteiger charge is -2.30. The first-order valence-electron chi connectivity index (χ1n) is 7.24. The molecule has 0 saturated carbocycles. The van der Waals surface area contributed by atoms with Crippen LogP contribution in [0.3, 0.4) is 0 Å². The van der Waals surface area contributed by atoms with E-state index in [1.807, 2.05) is 0 Å². The number of nitrogens with one attached hydrogen (secondary N) is 1. The van der Waals surface area contributed by atoms with Crippen LogP contribution in [-0.4, -0.2) is 43.3 Å². The van der Waals surface area contributed by atoms with Crippen molar-refractivity contribution in [3.8, 4) is 0 Å². The minimum Gasteiger partial charge on any atom is -0.343 e. The van der Waals surface area contributed by atoms with Crippen molar-refractivity contribution < 1.29 is 0 Å².